The molecule has 1 amide bonds. The minimum absolute atomic E-state index is 0.0162. The van der Waals surface area contributed by atoms with E-state index in [4.69, 9.17) is 5.73 Å². The van der Waals surface area contributed by atoms with Gasteiger partial charge in [-0.2, -0.15) is 0 Å². The minimum atomic E-state index is -0.660. The van der Waals surface area contributed by atoms with E-state index in [1.165, 1.54) is 21.2 Å². The molecule has 2 aromatic carbocycles. The van der Waals surface area contributed by atoms with Crippen molar-refractivity contribution in [2.75, 3.05) is 22.9 Å². The van der Waals surface area contributed by atoms with Crippen LogP contribution in [0.2, 0.25) is 0 Å². The highest BCUT2D eigenvalue weighted by Crippen LogP contribution is 2.25. The maximum absolute atomic E-state index is 13.2. The first kappa shape index (κ1) is 23.4. The van der Waals surface area contributed by atoms with Gasteiger partial charge in [-0.1, -0.05) is 62.4 Å². The van der Waals surface area contributed by atoms with Crippen LogP contribution in [0, 0.1) is 12.8 Å². The van der Waals surface area contributed by atoms with Crippen molar-refractivity contribution in [3.05, 3.63) is 86.6 Å². The van der Waals surface area contributed by atoms with Crippen molar-refractivity contribution >= 4 is 29.2 Å². The molecule has 1 heterocycles. The molecule has 1 aromatic heterocycles. The largest absolute Gasteiger partial charge is 0.383 e. The number of aromatic nitrogens is 2. The number of nitrogens with one attached hydrogen (secondary N) is 1. The zero-order chi connectivity index (χ0) is 23.3. The molecule has 7 nitrogen and oxygen atoms in total. The first-order chi connectivity index (χ1) is 15.3. The summed E-state index contributed by atoms with van der Waals surface area (Å²) in [6.07, 6.45) is 0. The van der Waals surface area contributed by atoms with Crippen LogP contribution in [0.4, 0.5) is 11.5 Å². The Labute approximate surface area is 191 Å². The molecular formula is C24H28N4O3S. The van der Waals surface area contributed by atoms with Gasteiger partial charge in [0.15, 0.2) is 5.69 Å². The summed E-state index contributed by atoms with van der Waals surface area (Å²) in [5, 5.41) is 0. The third kappa shape index (κ3) is 5.50. The van der Waals surface area contributed by atoms with Crippen LogP contribution in [0.15, 0.2) is 69.1 Å². The number of hydrogen-bond donors (Lipinski definition) is 2. The second-order valence-corrected chi connectivity index (χ2v) is 9.03. The molecule has 0 radical (unpaired) electrons. The summed E-state index contributed by atoms with van der Waals surface area (Å²) >= 11 is 1.41. The van der Waals surface area contributed by atoms with Crippen LogP contribution in [-0.2, 0) is 11.3 Å². The van der Waals surface area contributed by atoms with Gasteiger partial charge in [0.1, 0.15) is 5.82 Å². The summed E-state index contributed by atoms with van der Waals surface area (Å²) in [5.41, 5.74) is 7.01. The average Bonchev–Trinajstić information content (AvgIpc) is 2.75. The molecular weight excluding hydrogens is 424 g/mol. The monoisotopic (exact) mass is 452 g/mol. The normalized spacial score (nSPS) is 11.0. The average molecular weight is 453 g/mol. The van der Waals surface area contributed by atoms with Gasteiger partial charge >= 0.3 is 5.69 Å². The number of benzene rings is 2. The molecule has 3 rings (SSSR count). The number of H-pyrrole nitrogens is 1. The van der Waals surface area contributed by atoms with Crippen LogP contribution in [0.5, 0.6) is 0 Å². The van der Waals surface area contributed by atoms with Gasteiger partial charge < -0.3 is 10.6 Å². The fraction of sp³-hybridized carbons (Fsp3) is 0.292. The molecule has 0 saturated heterocycles. The van der Waals surface area contributed by atoms with E-state index in [0.717, 1.165) is 16.0 Å². The fourth-order valence-corrected chi connectivity index (χ4v) is 4.29. The number of nitrogens with zero attached hydrogens (tertiary/aromatic N) is 2. The summed E-state index contributed by atoms with van der Waals surface area (Å²) in [6.45, 7) is 6.40. The van der Waals surface area contributed by atoms with E-state index in [-0.39, 0.29) is 35.6 Å². The predicted octanol–water partition coefficient (Wildman–Crippen LogP) is 3.26. The van der Waals surface area contributed by atoms with Crippen molar-refractivity contribution in [3.63, 3.8) is 0 Å². The summed E-state index contributed by atoms with van der Waals surface area (Å²) in [6, 6.07) is 17.2. The Balaban J connectivity index is 1.96. The number of nitrogens with two attached hydrogens (primary N) is 1. The van der Waals surface area contributed by atoms with E-state index in [1.807, 2.05) is 75.4 Å². The van der Waals surface area contributed by atoms with Gasteiger partial charge in [0.25, 0.3) is 5.56 Å². The SMILES string of the molecule is Cc1ccccc1SCC(=O)N(CC(C)C)c1c(N)n(Cc2ccccc2)c(=O)[nH]c1=O. The second kappa shape index (κ2) is 10.4. The number of amides is 1. The Hall–Kier alpha value is -3.26. The van der Waals surface area contributed by atoms with E-state index in [0.29, 0.717) is 6.54 Å². The molecule has 3 aromatic rings. The first-order valence-corrected chi connectivity index (χ1v) is 11.4. The maximum Gasteiger partial charge on any atom is 0.330 e. The van der Waals surface area contributed by atoms with Crippen molar-refractivity contribution in [3.8, 4) is 0 Å². The molecule has 0 bridgehead atoms. The standard InChI is InChI=1S/C24H28N4O3S/c1-16(2)13-27(20(29)15-32-19-12-8-7-9-17(19)3)21-22(25)28(24(31)26-23(21)30)14-18-10-5-4-6-11-18/h4-12,16H,13-15,25H2,1-3H3,(H,26,30,31). The highest BCUT2D eigenvalue weighted by Gasteiger charge is 2.25. The van der Waals surface area contributed by atoms with E-state index in [2.05, 4.69) is 4.98 Å². The van der Waals surface area contributed by atoms with Gasteiger partial charge in [0.05, 0.1) is 12.3 Å². The van der Waals surface area contributed by atoms with Gasteiger partial charge in [-0.3, -0.25) is 19.1 Å². The van der Waals surface area contributed by atoms with Crippen LogP contribution < -0.4 is 21.9 Å². The number of aromatic amines is 1. The van der Waals surface area contributed by atoms with E-state index < -0.39 is 11.2 Å². The highest BCUT2D eigenvalue weighted by molar-refractivity contribution is 8.00. The molecule has 32 heavy (non-hydrogen) atoms. The number of anilines is 2. The van der Waals surface area contributed by atoms with Crippen LogP contribution in [-0.4, -0.2) is 27.8 Å². The number of carbonyl (C=O) groups is 1. The number of thioether (sulfide) groups is 1. The second-order valence-electron chi connectivity index (χ2n) is 8.02. The lowest BCUT2D eigenvalue weighted by Gasteiger charge is -2.26. The van der Waals surface area contributed by atoms with Crippen LogP contribution in [0.25, 0.3) is 0 Å². The molecule has 0 aliphatic rings. The minimum Gasteiger partial charge on any atom is -0.383 e. The molecule has 0 atom stereocenters. The Bertz CT molecular complexity index is 1200. The summed E-state index contributed by atoms with van der Waals surface area (Å²) in [7, 11) is 0. The number of carbonyl (C=O) groups excluding carboxylic acids is 1. The predicted molar refractivity (Wildman–Crippen MR) is 130 cm³/mol. The van der Waals surface area contributed by atoms with Crippen molar-refractivity contribution < 1.29 is 4.79 Å². The van der Waals surface area contributed by atoms with Crippen molar-refractivity contribution in [1.82, 2.24) is 9.55 Å². The highest BCUT2D eigenvalue weighted by atomic mass is 32.2. The molecule has 0 fully saturated rings. The zero-order valence-corrected chi connectivity index (χ0v) is 19.3. The lowest BCUT2D eigenvalue weighted by molar-refractivity contribution is -0.116. The molecule has 168 valence electrons. The third-order valence-electron chi connectivity index (χ3n) is 4.96. The summed E-state index contributed by atoms with van der Waals surface area (Å²) in [4.78, 5) is 43.2. The third-order valence-corrected chi connectivity index (χ3v) is 6.12. The zero-order valence-electron chi connectivity index (χ0n) is 18.5. The molecule has 0 aliphatic heterocycles. The van der Waals surface area contributed by atoms with Crippen LogP contribution in [0.1, 0.15) is 25.0 Å². The molecule has 0 unspecified atom stereocenters. The molecule has 0 aliphatic carbocycles. The number of hydrogen-bond acceptors (Lipinski definition) is 5. The molecule has 0 saturated carbocycles. The van der Waals surface area contributed by atoms with Crippen molar-refractivity contribution in [1.29, 1.82) is 0 Å². The molecule has 3 N–H and O–H groups in total. The topological polar surface area (TPSA) is 101 Å². The maximum atomic E-state index is 13.2. The van der Waals surface area contributed by atoms with Gasteiger partial charge in [-0.25, -0.2) is 4.79 Å². The number of nitrogen functional groups attached to an aromatic ring is 1. The van der Waals surface area contributed by atoms with Gasteiger partial charge in [-0.15, -0.1) is 11.8 Å². The Kier molecular flexibility index (Phi) is 7.58. The lowest BCUT2D eigenvalue weighted by atomic mass is 10.2. The molecule has 0 spiro atoms. The van der Waals surface area contributed by atoms with Gasteiger partial charge in [0, 0.05) is 11.4 Å². The Morgan fingerprint density at radius 1 is 1.09 bits per heavy atom. The fourth-order valence-electron chi connectivity index (χ4n) is 3.38. The Morgan fingerprint density at radius 2 is 1.75 bits per heavy atom. The van der Waals surface area contributed by atoms with E-state index in [9.17, 15) is 14.4 Å². The quantitative estimate of drug-likeness (QED) is 0.511. The van der Waals surface area contributed by atoms with Gasteiger partial charge in [-0.05, 0) is 30.0 Å². The van der Waals surface area contributed by atoms with Crippen molar-refractivity contribution in [2.24, 2.45) is 5.92 Å². The first-order valence-electron chi connectivity index (χ1n) is 10.4. The number of rotatable bonds is 8. The summed E-state index contributed by atoms with van der Waals surface area (Å²) < 4.78 is 1.29. The van der Waals surface area contributed by atoms with E-state index in [1.54, 1.807) is 0 Å². The summed E-state index contributed by atoms with van der Waals surface area (Å²) in [5.74, 6) is -0.0175. The van der Waals surface area contributed by atoms with E-state index >= 15 is 0 Å². The van der Waals surface area contributed by atoms with Crippen LogP contribution >= 0.6 is 11.8 Å². The lowest BCUT2D eigenvalue weighted by Crippen LogP contribution is -2.43. The number of aryl methyl sites for hydroxylation is 1. The van der Waals surface area contributed by atoms with Crippen molar-refractivity contribution in [2.45, 2.75) is 32.2 Å². The van der Waals surface area contributed by atoms with Gasteiger partial charge in [0.2, 0.25) is 5.91 Å². The molecule has 8 heteroatoms. The Morgan fingerprint density at radius 3 is 2.41 bits per heavy atom. The smallest absolute Gasteiger partial charge is 0.330 e. The van der Waals surface area contributed by atoms with Crippen LogP contribution in [0.3, 0.4) is 0 Å².